The van der Waals surface area contributed by atoms with Crippen LogP contribution in [0.15, 0.2) is 0 Å². The van der Waals surface area contributed by atoms with Gasteiger partial charge in [0.1, 0.15) is 0 Å². The first kappa shape index (κ1) is 15.4. The summed E-state index contributed by atoms with van der Waals surface area (Å²) >= 11 is 0. The van der Waals surface area contributed by atoms with Crippen LogP contribution in [0.5, 0.6) is 6.01 Å². The minimum absolute atomic E-state index is 0.0465. The van der Waals surface area contributed by atoms with Gasteiger partial charge in [0.25, 0.3) is 0 Å². The summed E-state index contributed by atoms with van der Waals surface area (Å²) in [6.45, 7) is 8.17. The van der Waals surface area contributed by atoms with E-state index in [2.05, 4.69) is 25.7 Å². The van der Waals surface area contributed by atoms with Crippen molar-refractivity contribution in [3.8, 4) is 6.01 Å². The smallest absolute Gasteiger partial charge is 0.323 e. The summed E-state index contributed by atoms with van der Waals surface area (Å²) in [7, 11) is 0. The lowest BCUT2D eigenvalue weighted by molar-refractivity contribution is 0.170. The van der Waals surface area contributed by atoms with E-state index in [1.54, 1.807) is 0 Å². The molecule has 108 valence electrons. The number of aromatic nitrogens is 3. The Morgan fingerprint density at radius 3 is 2.42 bits per heavy atom. The highest BCUT2D eigenvalue weighted by Gasteiger charge is 2.17. The van der Waals surface area contributed by atoms with Gasteiger partial charge >= 0.3 is 6.01 Å². The van der Waals surface area contributed by atoms with Crippen molar-refractivity contribution in [3.05, 3.63) is 0 Å². The minimum atomic E-state index is -0.276. The number of aliphatic hydroxyl groups is 1. The molecule has 1 aromatic heterocycles. The van der Waals surface area contributed by atoms with Crippen molar-refractivity contribution in [1.82, 2.24) is 15.0 Å². The second-order valence-electron chi connectivity index (χ2n) is 5.25. The van der Waals surface area contributed by atoms with Crippen molar-refractivity contribution >= 4 is 11.9 Å². The first-order valence-corrected chi connectivity index (χ1v) is 6.10. The fraction of sp³-hybridized carbons (Fsp3) is 0.727. The third kappa shape index (κ3) is 5.23. The van der Waals surface area contributed by atoms with Gasteiger partial charge in [-0.3, -0.25) is 5.43 Å². The van der Waals surface area contributed by atoms with Crippen LogP contribution in [0.3, 0.4) is 0 Å². The molecular formula is C11H22N6O2. The highest BCUT2D eigenvalue weighted by molar-refractivity contribution is 5.35. The van der Waals surface area contributed by atoms with Gasteiger partial charge in [-0.05, 0) is 13.8 Å². The molecule has 0 aliphatic carbocycles. The minimum Gasteiger partial charge on any atom is -0.461 e. The Bertz CT molecular complexity index is 410. The van der Waals surface area contributed by atoms with Gasteiger partial charge in [-0.15, -0.1) is 0 Å². The fourth-order valence-corrected chi connectivity index (χ4v) is 1.14. The maximum absolute atomic E-state index is 9.20. The van der Waals surface area contributed by atoms with Crippen molar-refractivity contribution in [3.63, 3.8) is 0 Å². The van der Waals surface area contributed by atoms with E-state index < -0.39 is 0 Å². The number of nitrogen functional groups attached to an aromatic ring is 1. The maximum atomic E-state index is 9.20. The normalized spacial score (nSPS) is 11.5. The SMILES string of the molecule is CC(C)Oc1nc(NN)nc(NCC(C)(C)CO)n1. The topological polar surface area (TPSA) is 118 Å². The molecule has 0 amide bonds. The average molecular weight is 270 g/mol. The highest BCUT2D eigenvalue weighted by atomic mass is 16.5. The van der Waals surface area contributed by atoms with Gasteiger partial charge in [-0.25, -0.2) is 5.84 Å². The van der Waals surface area contributed by atoms with Crippen LogP contribution < -0.4 is 21.3 Å². The quantitative estimate of drug-likeness (QED) is 0.414. The van der Waals surface area contributed by atoms with Gasteiger partial charge in [-0.1, -0.05) is 13.8 Å². The zero-order chi connectivity index (χ0) is 14.5. The molecule has 0 saturated heterocycles. The number of rotatable bonds is 7. The van der Waals surface area contributed by atoms with Crippen LogP contribution in [0, 0.1) is 5.41 Å². The van der Waals surface area contributed by atoms with Crippen LogP contribution >= 0.6 is 0 Å². The summed E-state index contributed by atoms with van der Waals surface area (Å²) in [5.41, 5.74) is 2.08. The third-order valence-corrected chi connectivity index (χ3v) is 2.24. The molecule has 0 radical (unpaired) electrons. The Morgan fingerprint density at radius 2 is 1.89 bits per heavy atom. The van der Waals surface area contributed by atoms with Crippen molar-refractivity contribution < 1.29 is 9.84 Å². The number of hydrogen-bond acceptors (Lipinski definition) is 8. The van der Waals surface area contributed by atoms with E-state index in [4.69, 9.17) is 10.6 Å². The number of hydrazine groups is 1. The zero-order valence-electron chi connectivity index (χ0n) is 11.8. The van der Waals surface area contributed by atoms with E-state index in [0.29, 0.717) is 12.5 Å². The van der Waals surface area contributed by atoms with Gasteiger partial charge in [0.15, 0.2) is 0 Å². The maximum Gasteiger partial charge on any atom is 0.323 e. The molecule has 5 N–H and O–H groups in total. The van der Waals surface area contributed by atoms with Crippen molar-refractivity contribution in [2.75, 3.05) is 23.9 Å². The Labute approximate surface area is 112 Å². The van der Waals surface area contributed by atoms with E-state index in [-0.39, 0.29) is 30.1 Å². The molecule has 0 spiro atoms. The average Bonchev–Trinajstić information content (AvgIpc) is 2.35. The van der Waals surface area contributed by atoms with Crippen molar-refractivity contribution in [2.45, 2.75) is 33.8 Å². The van der Waals surface area contributed by atoms with Crippen LogP contribution in [0.25, 0.3) is 0 Å². The molecule has 0 aliphatic heterocycles. The third-order valence-electron chi connectivity index (χ3n) is 2.24. The fourth-order valence-electron chi connectivity index (χ4n) is 1.14. The molecule has 0 saturated carbocycles. The van der Waals surface area contributed by atoms with Gasteiger partial charge in [0.05, 0.1) is 6.10 Å². The van der Waals surface area contributed by atoms with Gasteiger partial charge in [0, 0.05) is 18.6 Å². The first-order chi connectivity index (χ1) is 8.86. The largest absolute Gasteiger partial charge is 0.461 e. The highest BCUT2D eigenvalue weighted by Crippen LogP contribution is 2.16. The second kappa shape index (κ2) is 6.48. The molecule has 8 heteroatoms. The monoisotopic (exact) mass is 270 g/mol. The van der Waals surface area contributed by atoms with Gasteiger partial charge < -0.3 is 15.2 Å². The predicted octanol–water partition coefficient (Wildman–Crippen LogP) is 0.375. The van der Waals surface area contributed by atoms with E-state index in [0.717, 1.165) is 0 Å². The lowest BCUT2D eigenvalue weighted by Gasteiger charge is -2.22. The molecule has 0 aliphatic rings. The molecule has 1 rings (SSSR count). The molecule has 0 aromatic carbocycles. The summed E-state index contributed by atoms with van der Waals surface area (Å²) in [6, 6.07) is 0.197. The number of nitrogens with one attached hydrogen (secondary N) is 2. The van der Waals surface area contributed by atoms with Crippen LogP contribution in [-0.4, -0.2) is 39.3 Å². The van der Waals surface area contributed by atoms with E-state index in [1.165, 1.54) is 0 Å². The number of nitrogens with two attached hydrogens (primary N) is 1. The molecule has 0 fully saturated rings. The van der Waals surface area contributed by atoms with E-state index in [9.17, 15) is 5.11 Å². The molecule has 0 bridgehead atoms. The Morgan fingerprint density at radius 1 is 1.26 bits per heavy atom. The number of hydrogen-bond donors (Lipinski definition) is 4. The first-order valence-electron chi connectivity index (χ1n) is 6.10. The zero-order valence-corrected chi connectivity index (χ0v) is 11.8. The summed E-state index contributed by atoms with van der Waals surface area (Å²) < 4.78 is 5.41. The molecule has 1 aromatic rings. The van der Waals surface area contributed by atoms with Crippen molar-refractivity contribution in [2.24, 2.45) is 11.3 Å². The lowest BCUT2D eigenvalue weighted by atomic mass is 9.95. The van der Waals surface area contributed by atoms with Crippen LogP contribution in [0.4, 0.5) is 11.9 Å². The van der Waals surface area contributed by atoms with Crippen molar-refractivity contribution in [1.29, 1.82) is 0 Å². The summed E-state index contributed by atoms with van der Waals surface area (Å²) in [5, 5.41) is 12.2. The number of aliphatic hydroxyl groups excluding tert-OH is 1. The van der Waals surface area contributed by atoms with Gasteiger partial charge in [0.2, 0.25) is 11.9 Å². The number of nitrogens with zero attached hydrogens (tertiary/aromatic N) is 3. The van der Waals surface area contributed by atoms with Crippen LogP contribution in [0.1, 0.15) is 27.7 Å². The lowest BCUT2D eigenvalue weighted by Crippen LogP contribution is -2.28. The van der Waals surface area contributed by atoms with E-state index in [1.807, 2.05) is 27.7 Å². The van der Waals surface area contributed by atoms with Crippen LogP contribution in [0.2, 0.25) is 0 Å². The molecule has 1 heterocycles. The summed E-state index contributed by atoms with van der Waals surface area (Å²) in [4.78, 5) is 12.2. The van der Waals surface area contributed by atoms with Gasteiger partial charge in [-0.2, -0.15) is 15.0 Å². The standard InChI is InChI=1S/C11H22N6O2/c1-7(2)19-10-15-8(14-9(16-10)17-12)13-5-11(3,4)6-18/h7,18H,5-6,12H2,1-4H3,(H2,13,14,15,16,17). The predicted molar refractivity (Wildman–Crippen MR) is 72.8 cm³/mol. The Balaban J connectivity index is 2.82. The molecule has 0 atom stereocenters. The summed E-state index contributed by atoms with van der Waals surface area (Å²) in [6.07, 6.45) is -0.0465. The molecular weight excluding hydrogens is 248 g/mol. The Kier molecular flexibility index (Phi) is 5.25. The number of anilines is 2. The second-order valence-corrected chi connectivity index (χ2v) is 5.25. The molecule has 19 heavy (non-hydrogen) atoms. The molecule has 0 unspecified atom stereocenters. The molecule has 8 nitrogen and oxygen atoms in total. The van der Waals surface area contributed by atoms with E-state index >= 15 is 0 Å². The number of ether oxygens (including phenoxy) is 1. The summed E-state index contributed by atoms with van der Waals surface area (Å²) in [5.74, 6) is 5.87. The Hall–Kier alpha value is -1.67. The van der Waals surface area contributed by atoms with Crippen LogP contribution in [-0.2, 0) is 0 Å².